The van der Waals surface area contributed by atoms with E-state index in [1.54, 1.807) is 7.11 Å². The molecule has 0 atom stereocenters. The average Bonchev–Trinajstić information content (AvgIpc) is 2.50. The van der Waals surface area contributed by atoms with Gasteiger partial charge in [0.1, 0.15) is 17.2 Å². The SMILES string of the molecule is CCCNCc1ccc(Oc2cccc(OC)c2)cc1Br. The number of hydrogen-bond donors (Lipinski definition) is 1. The Morgan fingerprint density at radius 3 is 2.52 bits per heavy atom. The molecule has 0 aliphatic heterocycles. The van der Waals surface area contributed by atoms with E-state index in [4.69, 9.17) is 9.47 Å². The maximum absolute atomic E-state index is 5.85. The van der Waals surface area contributed by atoms with Crippen molar-refractivity contribution in [1.82, 2.24) is 5.32 Å². The van der Waals surface area contributed by atoms with Gasteiger partial charge < -0.3 is 14.8 Å². The van der Waals surface area contributed by atoms with Crippen molar-refractivity contribution in [3.05, 3.63) is 52.5 Å². The van der Waals surface area contributed by atoms with E-state index in [1.165, 1.54) is 5.56 Å². The summed E-state index contributed by atoms with van der Waals surface area (Å²) in [4.78, 5) is 0. The van der Waals surface area contributed by atoms with E-state index >= 15 is 0 Å². The summed E-state index contributed by atoms with van der Waals surface area (Å²) in [5, 5.41) is 3.39. The molecule has 0 saturated heterocycles. The summed E-state index contributed by atoms with van der Waals surface area (Å²) >= 11 is 3.60. The molecule has 0 heterocycles. The minimum absolute atomic E-state index is 0.762. The van der Waals surface area contributed by atoms with E-state index in [1.807, 2.05) is 36.4 Å². The molecule has 0 aromatic heterocycles. The summed E-state index contributed by atoms with van der Waals surface area (Å²) in [5.74, 6) is 2.35. The van der Waals surface area contributed by atoms with E-state index in [-0.39, 0.29) is 0 Å². The van der Waals surface area contributed by atoms with Gasteiger partial charge >= 0.3 is 0 Å². The quantitative estimate of drug-likeness (QED) is 0.731. The minimum atomic E-state index is 0.762. The molecule has 0 aliphatic rings. The Hall–Kier alpha value is -1.52. The van der Waals surface area contributed by atoms with Gasteiger partial charge in [-0.3, -0.25) is 0 Å². The van der Waals surface area contributed by atoms with E-state index in [0.29, 0.717) is 0 Å². The van der Waals surface area contributed by atoms with Gasteiger partial charge in [0.15, 0.2) is 0 Å². The zero-order valence-electron chi connectivity index (χ0n) is 12.4. The second-order valence-electron chi connectivity index (χ2n) is 4.71. The van der Waals surface area contributed by atoms with Gasteiger partial charge in [0, 0.05) is 17.1 Å². The number of methoxy groups -OCH3 is 1. The molecule has 0 bridgehead atoms. The van der Waals surface area contributed by atoms with Crippen LogP contribution in [0.3, 0.4) is 0 Å². The predicted molar refractivity (Wildman–Crippen MR) is 89.2 cm³/mol. The van der Waals surface area contributed by atoms with Crippen molar-refractivity contribution in [1.29, 1.82) is 0 Å². The molecule has 2 aromatic carbocycles. The predicted octanol–water partition coefficient (Wildman–Crippen LogP) is 4.75. The topological polar surface area (TPSA) is 30.5 Å². The van der Waals surface area contributed by atoms with Crippen LogP contribution in [-0.2, 0) is 6.54 Å². The Kier molecular flexibility index (Phi) is 6.08. The fourth-order valence-electron chi connectivity index (χ4n) is 1.94. The molecule has 4 heteroatoms. The molecule has 2 rings (SSSR count). The lowest BCUT2D eigenvalue weighted by molar-refractivity contribution is 0.409. The summed E-state index contributed by atoms with van der Waals surface area (Å²) in [6.07, 6.45) is 1.13. The molecule has 0 amide bonds. The number of nitrogens with one attached hydrogen (secondary N) is 1. The zero-order chi connectivity index (χ0) is 15.1. The van der Waals surface area contributed by atoms with Gasteiger partial charge in [-0.1, -0.05) is 35.0 Å². The Morgan fingerprint density at radius 2 is 1.81 bits per heavy atom. The van der Waals surface area contributed by atoms with Crippen molar-refractivity contribution in [2.45, 2.75) is 19.9 Å². The molecular weight excluding hydrogens is 330 g/mol. The lowest BCUT2D eigenvalue weighted by Gasteiger charge is -2.10. The van der Waals surface area contributed by atoms with Gasteiger partial charge in [0.25, 0.3) is 0 Å². The first kappa shape index (κ1) is 15.9. The van der Waals surface area contributed by atoms with Crippen LogP contribution in [0.4, 0.5) is 0 Å². The molecule has 3 nitrogen and oxygen atoms in total. The molecular formula is C17H20BrNO2. The fourth-order valence-corrected chi connectivity index (χ4v) is 2.43. The molecule has 21 heavy (non-hydrogen) atoms. The summed E-state index contributed by atoms with van der Waals surface area (Å²) in [6, 6.07) is 13.6. The van der Waals surface area contributed by atoms with Crippen LogP contribution >= 0.6 is 15.9 Å². The van der Waals surface area contributed by atoms with Crippen LogP contribution in [0.25, 0.3) is 0 Å². The second-order valence-corrected chi connectivity index (χ2v) is 5.57. The van der Waals surface area contributed by atoms with Crippen LogP contribution in [0, 0.1) is 0 Å². The van der Waals surface area contributed by atoms with Crippen molar-refractivity contribution in [2.24, 2.45) is 0 Å². The number of hydrogen-bond acceptors (Lipinski definition) is 3. The van der Waals surface area contributed by atoms with Crippen molar-refractivity contribution < 1.29 is 9.47 Å². The van der Waals surface area contributed by atoms with Gasteiger partial charge in [-0.25, -0.2) is 0 Å². The largest absolute Gasteiger partial charge is 0.497 e. The monoisotopic (exact) mass is 349 g/mol. The second kappa shape index (κ2) is 8.05. The molecule has 0 fully saturated rings. The molecule has 0 unspecified atom stereocenters. The third-order valence-electron chi connectivity index (χ3n) is 3.04. The normalized spacial score (nSPS) is 10.4. The summed E-state index contributed by atoms with van der Waals surface area (Å²) in [6.45, 7) is 4.04. The van der Waals surface area contributed by atoms with Crippen LogP contribution in [0.5, 0.6) is 17.2 Å². The molecule has 0 saturated carbocycles. The van der Waals surface area contributed by atoms with Crippen LogP contribution in [0.1, 0.15) is 18.9 Å². The van der Waals surface area contributed by atoms with Crippen LogP contribution < -0.4 is 14.8 Å². The Morgan fingerprint density at radius 1 is 1.05 bits per heavy atom. The smallest absolute Gasteiger partial charge is 0.131 e. The maximum atomic E-state index is 5.85. The Balaban J connectivity index is 2.05. The first-order chi connectivity index (χ1) is 10.2. The standard InChI is InChI=1S/C17H20BrNO2/c1-3-9-19-12-13-7-8-16(11-17(13)18)21-15-6-4-5-14(10-15)20-2/h4-8,10-11,19H,3,9,12H2,1-2H3. The van der Waals surface area contributed by atoms with Crippen LogP contribution in [0.2, 0.25) is 0 Å². The molecule has 112 valence electrons. The van der Waals surface area contributed by atoms with Crippen molar-refractivity contribution in [3.8, 4) is 17.2 Å². The van der Waals surface area contributed by atoms with Gasteiger partial charge in [0.05, 0.1) is 7.11 Å². The van der Waals surface area contributed by atoms with Crippen LogP contribution in [-0.4, -0.2) is 13.7 Å². The summed E-state index contributed by atoms with van der Waals surface area (Å²) < 4.78 is 12.1. The highest BCUT2D eigenvalue weighted by Crippen LogP contribution is 2.28. The number of benzene rings is 2. The number of halogens is 1. The van der Waals surface area contributed by atoms with Crippen LogP contribution in [0.15, 0.2) is 46.9 Å². The van der Waals surface area contributed by atoms with Crippen molar-refractivity contribution in [2.75, 3.05) is 13.7 Å². The van der Waals surface area contributed by atoms with E-state index < -0.39 is 0 Å². The number of ether oxygens (including phenoxy) is 2. The van der Waals surface area contributed by atoms with Gasteiger partial charge in [-0.2, -0.15) is 0 Å². The molecule has 0 radical (unpaired) electrons. The van der Waals surface area contributed by atoms with Crippen molar-refractivity contribution in [3.63, 3.8) is 0 Å². The fraction of sp³-hybridized carbons (Fsp3) is 0.294. The third kappa shape index (κ3) is 4.76. The molecule has 2 aromatic rings. The van der Waals surface area contributed by atoms with Crippen molar-refractivity contribution >= 4 is 15.9 Å². The van der Waals surface area contributed by atoms with E-state index in [9.17, 15) is 0 Å². The average molecular weight is 350 g/mol. The summed E-state index contributed by atoms with van der Waals surface area (Å²) in [5.41, 5.74) is 1.22. The molecule has 0 aliphatic carbocycles. The zero-order valence-corrected chi connectivity index (χ0v) is 13.9. The van der Waals surface area contributed by atoms with E-state index in [0.717, 1.165) is 41.2 Å². The molecule has 0 spiro atoms. The Labute approximate surface area is 134 Å². The van der Waals surface area contributed by atoms with Gasteiger partial charge in [-0.15, -0.1) is 0 Å². The maximum Gasteiger partial charge on any atom is 0.131 e. The highest BCUT2D eigenvalue weighted by Gasteiger charge is 2.04. The van der Waals surface area contributed by atoms with Gasteiger partial charge in [-0.05, 0) is 42.8 Å². The lowest BCUT2D eigenvalue weighted by Crippen LogP contribution is -2.14. The summed E-state index contributed by atoms with van der Waals surface area (Å²) in [7, 11) is 1.65. The number of rotatable bonds is 7. The highest BCUT2D eigenvalue weighted by atomic mass is 79.9. The first-order valence-corrected chi connectivity index (χ1v) is 7.83. The first-order valence-electron chi connectivity index (χ1n) is 7.04. The minimum Gasteiger partial charge on any atom is -0.497 e. The Bertz CT molecular complexity index is 587. The third-order valence-corrected chi connectivity index (χ3v) is 3.78. The van der Waals surface area contributed by atoms with E-state index in [2.05, 4.69) is 34.2 Å². The highest BCUT2D eigenvalue weighted by molar-refractivity contribution is 9.10. The lowest BCUT2D eigenvalue weighted by atomic mass is 10.2. The van der Waals surface area contributed by atoms with Gasteiger partial charge in [0.2, 0.25) is 0 Å². The molecule has 1 N–H and O–H groups in total.